The molecule has 0 radical (unpaired) electrons. The molecule has 1 rings (SSSR count). The fourth-order valence-corrected chi connectivity index (χ4v) is 1.73. The molecule has 0 aliphatic carbocycles. The Morgan fingerprint density at radius 3 is 2.57 bits per heavy atom. The lowest BCUT2D eigenvalue weighted by Gasteiger charge is -2.12. The van der Waals surface area contributed by atoms with Gasteiger partial charge in [-0.25, -0.2) is 4.79 Å². The molecule has 5 nitrogen and oxygen atoms in total. The van der Waals surface area contributed by atoms with Gasteiger partial charge in [-0.15, -0.1) is 0 Å². The number of rotatable bonds is 7. The number of unbranched alkanes of at least 4 members (excludes halogenated alkanes) is 1. The van der Waals surface area contributed by atoms with Crippen molar-refractivity contribution in [3.63, 3.8) is 0 Å². The fraction of sp³-hybridized carbons (Fsp3) is 0.312. The number of hydrogen-bond acceptors (Lipinski definition) is 3. The van der Waals surface area contributed by atoms with Crippen LogP contribution in [0.2, 0.25) is 0 Å². The van der Waals surface area contributed by atoms with Gasteiger partial charge in [-0.3, -0.25) is 4.79 Å². The first-order chi connectivity index (χ1) is 10.1. The van der Waals surface area contributed by atoms with Gasteiger partial charge in [0.1, 0.15) is 6.04 Å². The van der Waals surface area contributed by atoms with Crippen LogP contribution in [0.4, 0.5) is 0 Å². The van der Waals surface area contributed by atoms with Crippen LogP contribution in [-0.4, -0.2) is 23.0 Å². The number of nitrogens with one attached hydrogen (secondary N) is 1. The van der Waals surface area contributed by atoms with E-state index >= 15 is 0 Å². The van der Waals surface area contributed by atoms with Gasteiger partial charge in [0, 0.05) is 6.08 Å². The van der Waals surface area contributed by atoms with Crippen LogP contribution < -0.4 is 5.32 Å². The van der Waals surface area contributed by atoms with E-state index in [0.29, 0.717) is 12.0 Å². The van der Waals surface area contributed by atoms with E-state index in [-0.39, 0.29) is 0 Å². The number of aliphatic carboxylic acids is 1. The summed E-state index contributed by atoms with van der Waals surface area (Å²) in [6, 6.07) is 7.89. The minimum Gasteiger partial charge on any atom is -0.480 e. The molecule has 0 aromatic heterocycles. The zero-order valence-electron chi connectivity index (χ0n) is 11.9. The molecule has 0 heterocycles. The molecule has 1 amide bonds. The Labute approximate surface area is 123 Å². The summed E-state index contributed by atoms with van der Waals surface area (Å²) in [5.74, 6) is -1.47. The highest BCUT2D eigenvalue weighted by atomic mass is 16.4. The number of hydrogen-bond donors (Lipinski definition) is 2. The number of carbonyl (C=O) groups excluding carboxylic acids is 1. The topological polar surface area (TPSA) is 90.2 Å². The second-order valence-corrected chi connectivity index (χ2v) is 4.61. The third kappa shape index (κ3) is 5.91. The first-order valence-corrected chi connectivity index (χ1v) is 6.78. The summed E-state index contributed by atoms with van der Waals surface area (Å²) in [6.07, 6.45) is 4.91. The SMILES string of the molecule is CCCCC(NC(=O)/C=C/c1ccc(C#N)cc1)C(=O)O. The lowest BCUT2D eigenvalue weighted by atomic mass is 10.1. The van der Waals surface area contributed by atoms with Crippen LogP contribution in [0.15, 0.2) is 30.3 Å². The Balaban J connectivity index is 2.60. The smallest absolute Gasteiger partial charge is 0.326 e. The number of nitriles is 1. The predicted molar refractivity (Wildman–Crippen MR) is 79.3 cm³/mol. The van der Waals surface area contributed by atoms with E-state index in [4.69, 9.17) is 10.4 Å². The lowest BCUT2D eigenvalue weighted by molar-refractivity contribution is -0.141. The minimum absolute atomic E-state index is 0.419. The summed E-state index contributed by atoms with van der Waals surface area (Å²) in [7, 11) is 0. The Hall–Kier alpha value is -2.61. The zero-order valence-corrected chi connectivity index (χ0v) is 11.9. The van der Waals surface area contributed by atoms with Crippen molar-refractivity contribution in [3.05, 3.63) is 41.5 Å². The summed E-state index contributed by atoms with van der Waals surface area (Å²) in [5, 5.41) is 20.2. The first-order valence-electron chi connectivity index (χ1n) is 6.78. The number of nitrogens with zero attached hydrogens (tertiary/aromatic N) is 1. The van der Waals surface area contributed by atoms with Crippen molar-refractivity contribution >= 4 is 18.0 Å². The Kier molecular flexibility index (Phi) is 6.69. The average Bonchev–Trinajstić information content (AvgIpc) is 2.49. The molecule has 21 heavy (non-hydrogen) atoms. The van der Waals surface area contributed by atoms with E-state index in [1.54, 1.807) is 30.3 Å². The molecule has 1 atom stereocenters. The maximum atomic E-state index is 11.7. The number of benzene rings is 1. The molecule has 0 saturated heterocycles. The number of carboxylic acids is 1. The molecular weight excluding hydrogens is 268 g/mol. The van der Waals surface area contributed by atoms with Crippen LogP contribution in [0, 0.1) is 11.3 Å². The Morgan fingerprint density at radius 1 is 1.38 bits per heavy atom. The van der Waals surface area contributed by atoms with Gasteiger partial charge in [-0.05, 0) is 30.2 Å². The number of carboxylic acid groups (broad SMARTS) is 1. The van der Waals surface area contributed by atoms with Gasteiger partial charge >= 0.3 is 5.97 Å². The third-order valence-corrected chi connectivity index (χ3v) is 2.93. The molecule has 0 aliphatic heterocycles. The summed E-state index contributed by atoms with van der Waals surface area (Å²) in [4.78, 5) is 22.7. The molecule has 0 spiro atoms. The number of amides is 1. The molecule has 110 valence electrons. The van der Waals surface area contributed by atoms with Crippen molar-refractivity contribution in [2.45, 2.75) is 32.2 Å². The quantitative estimate of drug-likeness (QED) is 0.753. The molecule has 0 bridgehead atoms. The monoisotopic (exact) mass is 286 g/mol. The van der Waals surface area contributed by atoms with Crippen molar-refractivity contribution in [1.29, 1.82) is 5.26 Å². The van der Waals surface area contributed by atoms with Crippen molar-refractivity contribution in [2.24, 2.45) is 0 Å². The summed E-state index contributed by atoms with van der Waals surface area (Å²) in [5.41, 5.74) is 1.31. The Morgan fingerprint density at radius 2 is 2.05 bits per heavy atom. The molecule has 1 aromatic rings. The lowest BCUT2D eigenvalue weighted by Crippen LogP contribution is -2.39. The standard InChI is InChI=1S/C16H18N2O3/c1-2-3-4-14(16(20)21)18-15(19)10-9-12-5-7-13(11-17)8-6-12/h5-10,14H,2-4H2,1H3,(H,18,19)(H,20,21)/b10-9+. The highest BCUT2D eigenvalue weighted by Gasteiger charge is 2.17. The van der Waals surface area contributed by atoms with Gasteiger partial charge in [0.15, 0.2) is 0 Å². The van der Waals surface area contributed by atoms with E-state index in [2.05, 4.69) is 5.32 Å². The summed E-state index contributed by atoms with van der Waals surface area (Å²) in [6.45, 7) is 1.96. The summed E-state index contributed by atoms with van der Waals surface area (Å²) < 4.78 is 0. The molecule has 2 N–H and O–H groups in total. The molecular formula is C16H18N2O3. The van der Waals surface area contributed by atoms with Crippen molar-refractivity contribution in [1.82, 2.24) is 5.32 Å². The first kappa shape index (κ1) is 16.4. The van der Waals surface area contributed by atoms with E-state index in [1.807, 2.05) is 13.0 Å². The molecule has 0 aliphatic rings. The molecule has 1 aromatic carbocycles. The maximum Gasteiger partial charge on any atom is 0.326 e. The van der Waals surface area contributed by atoms with Crippen LogP contribution in [-0.2, 0) is 9.59 Å². The van der Waals surface area contributed by atoms with Crippen molar-refractivity contribution < 1.29 is 14.7 Å². The third-order valence-electron chi connectivity index (χ3n) is 2.93. The van der Waals surface area contributed by atoms with Gasteiger partial charge in [0.25, 0.3) is 0 Å². The largest absolute Gasteiger partial charge is 0.480 e. The van der Waals surface area contributed by atoms with Gasteiger partial charge in [-0.2, -0.15) is 5.26 Å². The van der Waals surface area contributed by atoms with Crippen LogP contribution in [0.25, 0.3) is 6.08 Å². The van der Waals surface area contributed by atoms with Crippen LogP contribution in [0.3, 0.4) is 0 Å². The van der Waals surface area contributed by atoms with E-state index in [1.165, 1.54) is 6.08 Å². The summed E-state index contributed by atoms with van der Waals surface area (Å²) >= 11 is 0. The van der Waals surface area contributed by atoms with E-state index < -0.39 is 17.9 Å². The molecule has 0 saturated carbocycles. The van der Waals surface area contributed by atoms with Crippen LogP contribution in [0.5, 0.6) is 0 Å². The Bertz CT molecular complexity index is 556. The zero-order chi connectivity index (χ0) is 15.7. The van der Waals surface area contributed by atoms with Crippen LogP contribution >= 0.6 is 0 Å². The normalized spacial score (nSPS) is 11.8. The second-order valence-electron chi connectivity index (χ2n) is 4.61. The van der Waals surface area contributed by atoms with Crippen LogP contribution in [0.1, 0.15) is 37.3 Å². The van der Waals surface area contributed by atoms with Crippen molar-refractivity contribution in [2.75, 3.05) is 0 Å². The molecule has 0 fully saturated rings. The molecule has 1 unspecified atom stereocenters. The average molecular weight is 286 g/mol. The van der Waals surface area contributed by atoms with Gasteiger partial charge in [0.2, 0.25) is 5.91 Å². The minimum atomic E-state index is -1.02. The maximum absolute atomic E-state index is 11.7. The van der Waals surface area contributed by atoms with Gasteiger partial charge in [-0.1, -0.05) is 31.9 Å². The van der Waals surface area contributed by atoms with E-state index in [0.717, 1.165) is 18.4 Å². The van der Waals surface area contributed by atoms with Gasteiger partial charge in [0.05, 0.1) is 11.6 Å². The van der Waals surface area contributed by atoms with E-state index in [9.17, 15) is 9.59 Å². The van der Waals surface area contributed by atoms with Gasteiger partial charge < -0.3 is 10.4 Å². The highest BCUT2D eigenvalue weighted by Crippen LogP contribution is 2.05. The fourth-order valence-electron chi connectivity index (χ4n) is 1.73. The highest BCUT2D eigenvalue weighted by molar-refractivity contribution is 5.94. The van der Waals surface area contributed by atoms with Crippen molar-refractivity contribution in [3.8, 4) is 6.07 Å². The number of carbonyl (C=O) groups is 2. The molecule has 5 heteroatoms. The second kappa shape index (κ2) is 8.54. The predicted octanol–water partition coefficient (Wildman–Crippen LogP) is 2.33.